The summed E-state index contributed by atoms with van der Waals surface area (Å²) in [7, 11) is 0. The molecule has 2 bridgehead atoms. The lowest BCUT2D eigenvalue weighted by atomic mass is 10.0. The average molecular weight is 198 g/mol. The molecule has 0 aromatic rings. The zero-order valence-electron chi connectivity index (χ0n) is 8.20. The lowest BCUT2D eigenvalue weighted by Crippen LogP contribution is -2.36. The second kappa shape index (κ2) is 3.54. The predicted octanol–water partition coefficient (Wildman–Crippen LogP) is 1.54. The molecule has 0 amide bonds. The Balaban J connectivity index is 1.92. The van der Waals surface area contributed by atoms with Gasteiger partial charge in [-0.3, -0.25) is 4.90 Å². The lowest BCUT2D eigenvalue weighted by Gasteiger charge is -2.24. The zero-order chi connectivity index (χ0) is 9.42. The summed E-state index contributed by atoms with van der Waals surface area (Å²) in [4.78, 5) is 3.30. The number of thiocarbonyl (C=S) groups is 1. The first-order valence-corrected chi connectivity index (χ1v) is 5.64. The Morgan fingerprint density at radius 3 is 2.23 bits per heavy atom. The summed E-state index contributed by atoms with van der Waals surface area (Å²) < 4.78 is 0. The Morgan fingerprint density at radius 2 is 1.85 bits per heavy atom. The first-order chi connectivity index (χ1) is 6.18. The van der Waals surface area contributed by atoms with E-state index in [4.69, 9.17) is 18.0 Å². The molecule has 2 nitrogen and oxygen atoms in total. The van der Waals surface area contributed by atoms with E-state index in [1.165, 1.54) is 25.7 Å². The van der Waals surface area contributed by atoms with Gasteiger partial charge in [0, 0.05) is 24.5 Å². The molecule has 3 heteroatoms. The molecule has 13 heavy (non-hydrogen) atoms. The van der Waals surface area contributed by atoms with Gasteiger partial charge >= 0.3 is 0 Å². The van der Waals surface area contributed by atoms with Crippen molar-refractivity contribution in [3.05, 3.63) is 0 Å². The Bertz CT molecular complexity index is 197. The second-order valence-corrected chi connectivity index (χ2v) is 4.93. The standard InChI is InChI=1S/C10H18N2S/c1-7(10(11)13)6-12-8-2-3-9(12)5-4-8/h7-9H,2-6H2,1H3,(H2,11,13). The highest BCUT2D eigenvalue weighted by Crippen LogP contribution is 2.37. The third kappa shape index (κ3) is 1.72. The minimum Gasteiger partial charge on any atom is -0.393 e. The van der Waals surface area contributed by atoms with Crippen LogP contribution in [0.4, 0.5) is 0 Å². The second-order valence-electron chi connectivity index (χ2n) is 4.46. The van der Waals surface area contributed by atoms with Crippen LogP contribution < -0.4 is 5.73 Å². The van der Waals surface area contributed by atoms with Gasteiger partial charge < -0.3 is 5.73 Å². The summed E-state index contributed by atoms with van der Waals surface area (Å²) in [5.41, 5.74) is 5.63. The highest BCUT2D eigenvalue weighted by Gasteiger charge is 2.39. The van der Waals surface area contributed by atoms with Crippen LogP contribution >= 0.6 is 12.2 Å². The summed E-state index contributed by atoms with van der Waals surface area (Å²) in [5.74, 6) is 0.385. The first-order valence-electron chi connectivity index (χ1n) is 5.23. The molecule has 74 valence electrons. The fraction of sp³-hybridized carbons (Fsp3) is 0.900. The molecule has 2 fully saturated rings. The van der Waals surface area contributed by atoms with Crippen LogP contribution in [0.15, 0.2) is 0 Å². The van der Waals surface area contributed by atoms with Gasteiger partial charge in [-0.2, -0.15) is 0 Å². The maximum absolute atomic E-state index is 5.63. The van der Waals surface area contributed by atoms with Gasteiger partial charge in [-0.25, -0.2) is 0 Å². The van der Waals surface area contributed by atoms with Gasteiger partial charge in [0.1, 0.15) is 0 Å². The molecule has 2 rings (SSSR count). The third-order valence-electron chi connectivity index (χ3n) is 3.57. The smallest absolute Gasteiger partial charge is 0.0768 e. The van der Waals surface area contributed by atoms with Gasteiger partial charge in [0.15, 0.2) is 0 Å². The quantitative estimate of drug-likeness (QED) is 0.697. The van der Waals surface area contributed by atoms with Crippen molar-refractivity contribution >= 4 is 17.2 Å². The molecule has 0 spiro atoms. The summed E-state index contributed by atoms with van der Waals surface area (Å²) in [6, 6.07) is 1.70. The van der Waals surface area contributed by atoms with E-state index in [1.54, 1.807) is 0 Å². The summed E-state index contributed by atoms with van der Waals surface area (Å²) in [6.07, 6.45) is 5.59. The van der Waals surface area contributed by atoms with Crippen molar-refractivity contribution in [2.75, 3.05) is 6.54 Å². The van der Waals surface area contributed by atoms with Gasteiger partial charge in [0.05, 0.1) is 4.99 Å². The Kier molecular flexibility index (Phi) is 2.56. The van der Waals surface area contributed by atoms with E-state index >= 15 is 0 Å². The van der Waals surface area contributed by atoms with E-state index in [0.29, 0.717) is 10.9 Å². The van der Waals surface area contributed by atoms with Crippen LogP contribution in [0.5, 0.6) is 0 Å². The fourth-order valence-corrected chi connectivity index (χ4v) is 2.80. The average Bonchev–Trinajstić information content (AvgIpc) is 2.65. The minimum absolute atomic E-state index is 0.385. The number of rotatable bonds is 3. The van der Waals surface area contributed by atoms with Crippen molar-refractivity contribution in [2.45, 2.75) is 44.7 Å². The molecule has 2 N–H and O–H groups in total. The van der Waals surface area contributed by atoms with Gasteiger partial charge in [0.25, 0.3) is 0 Å². The van der Waals surface area contributed by atoms with Crippen molar-refractivity contribution in [3.63, 3.8) is 0 Å². The third-order valence-corrected chi connectivity index (χ3v) is 3.98. The van der Waals surface area contributed by atoms with Crippen molar-refractivity contribution in [1.82, 2.24) is 4.90 Å². The van der Waals surface area contributed by atoms with E-state index in [9.17, 15) is 0 Å². The maximum Gasteiger partial charge on any atom is 0.0768 e. The van der Waals surface area contributed by atoms with Gasteiger partial charge in [-0.15, -0.1) is 0 Å². The topological polar surface area (TPSA) is 29.3 Å². The number of nitrogens with two attached hydrogens (primary N) is 1. The number of fused-ring (bicyclic) bond motifs is 2. The number of hydrogen-bond donors (Lipinski definition) is 1. The first kappa shape index (κ1) is 9.41. The highest BCUT2D eigenvalue weighted by molar-refractivity contribution is 7.80. The predicted molar refractivity (Wildman–Crippen MR) is 58.7 cm³/mol. The number of nitrogens with zero attached hydrogens (tertiary/aromatic N) is 1. The fourth-order valence-electron chi connectivity index (χ4n) is 2.72. The maximum atomic E-state index is 5.63. The molecule has 2 aliphatic heterocycles. The van der Waals surface area contributed by atoms with Crippen LogP contribution in [0.1, 0.15) is 32.6 Å². The molecular weight excluding hydrogens is 180 g/mol. The number of hydrogen-bond acceptors (Lipinski definition) is 2. The molecule has 0 aromatic heterocycles. The molecule has 0 radical (unpaired) electrons. The Morgan fingerprint density at radius 1 is 1.38 bits per heavy atom. The van der Waals surface area contributed by atoms with Crippen molar-refractivity contribution in [3.8, 4) is 0 Å². The zero-order valence-corrected chi connectivity index (χ0v) is 9.02. The van der Waals surface area contributed by atoms with Crippen molar-refractivity contribution < 1.29 is 0 Å². The molecule has 0 aromatic carbocycles. The van der Waals surface area contributed by atoms with Crippen LogP contribution in [0, 0.1) is 5.92 Å². The van der Waals surface area contributed by atoms with E-state index in [-0.39, 0.29) is 0 Å². The normalized spacial score (nSPS) is 35.2. The van der Waals surface area contributed by atoms with Crippen LogP contribution in [-0.2, 0) is 0 Å². The largest absolute Gasteiger partial charge is 0.393 e. The lowest BCUT2D eigenvalue weighted by molar-refractivity contribution is 0.238. The van der Waals surface area contributed by atoms with E-state index in [0.717, 1.165) is 18.6 Å². The molecule has 1 unspecified atom stereocenters. The van der Waals surface area contributed by atoms with Gasteiger partial charge in [-0.05, 0) is 25.7 Å². The summed E-state index contributed by atoms with van der Waals surface area (Å²) >= 11 is 5.00. The van der Waals surface area contributed by atoms with Crippen LogP contribution in [0.25, 0.3) is 0 Å². The molecule has 2 heterocycles. The van der Waals surface area contributed by atoms with E-state index < -0.39 is 0 Å². The van der Waals surface area contributed by atoms with Crippen LogP contribution in [0.2, 0.25) is 0 Å². The van der Waals surface area contributed by atoms with Crippen LogP contribution in [-0.4, -0.2) is 28.5 Å². The highest BCUT2D eigenvalue weighted by atomic mass is 32.1. The molecular formula is C10H18N2S. The molecule has 0 saturated carbocycles. The Labute approximate surface area is 85.5 Å². The molecule has 2 aliphatic rings. The van der Waals surface area contributed by atoms with E-state index in [1.807, 2.05) is 0 Å². The minimum atomic E-state index is 0.385. The van der Waals surface area contributed by atoms with Crippen LogP contribution in [0.3, 0.4) is 0 Å². The molecule has 1 atom stereocenters. The van der Waals surface area contributed by atoms with Gasteiger partial charge in [0.2, 0.25) is 0 Å². The summed E-state index contributed by atoms with van der Waals surface area (Å²) in [5, 5.41) is 0. The summed E-state index contributed by atoms with van der Waals surface area (Å²) in [6.45, 7) is 3.23. The molecule has 0 aliphatic carbocycles. The van der Waals surface area contributed by atoms with Crippen molar-refractivity contribution in [1.29, 1.82) is 0 Å². The Hall–Kier alpha value is -0.150. The monoisotopic (exact) mass is 198 g/mol. The van der Waals surface area contributed by atoms with Crippen molar-refractivity contribution in [2.24, 2.45) is 11.7 Å². The van der Waals surface area contributed by atoms with Gasteiger partial charge in [-0.1, -0.05) is 19.1 Å². The SMILES string of the molecule is CC(CN1C2CCC1CC2)C(N)=S. The van der Waals surface area contributed by atoms with E-state index in [2.05, 4.69) is 11.8 Å². The molecule has 2 saturated heterocycles.